The Bertz CT molecular complexity index is 832. The van der Waals surface area contributed by atoms with E-state index in [1.54, 1.807) is 12.1 Å². The van der Waals surface area contributed by atoms with Crippen LogP contribution in [0.15, 0.2) is 54.1 Å². The number of nitriles is 1. The van der Waals surface area contributed by atoms with Crippen molar-refractivity contribution >= 4 is 23.6 Å². The molecule has 0 bridgehead atoms. The monoisotopic (exact) mass is 306 g/mol. The number of carboxylic acid groups (broad SMARTS) is 1. The molecule has 0 unspecified atom stereocenters. The zero-order chi connectivity index (χ0) is 16.8. The molecule has 0 radical (unpaired) electrons. The molecule has 2 rings (SSSR count). The summed E-state index contributed by atoms with van der Waals surface area (Å²) in [4.78, 5) is 23.1. The third-order valence-electron chi connectivity index (χ3n) is 3.09. The second kappa shape index (κ2) is 7.05. The van der Waals surface area contributed by atoms with Crippen molar-refractivity contribution in [3.05, 3.63) is 70.8 Å². The lowest BCUT2D eigenvalue weighted by atomic mass is 10.1. The standard InChI is InChI=1S/C18H14N2O3/c1-12-4-2-5-13(8-12)9-15(11-19)17(21)20-16-7-3-6-14(10-16)18(22)23/h2-10H,1H3,(H,20,21)(H,22,23)/b15-9-. The molecule has 0 aliphatic heterocycles. The summed E-state index contributed by atoms with van der Waals surface area (Å²) in [6.07, 6.45) is 1.49. The van der Waals surface area contributed by atoms with Gasteiger partial charge in [-0.15, -0.1) is 0 Å². The first-order chi connectivity index (χ1) is 11.0. The Balaban J connectivity index is 2.23. The van der Waals surface area contributed by atoms with Crippen LogP contribution in [-0.2, 0) is 4.79 Å². The number of anilines is 1. The summed E-state index contributed by atoms with van der Waals surface area (Å²) in [6.45, 7) is 1.92. The van der Waals surface area contributed by atoms with Gasteiger partial charge in [-0.1, -0.05) is 35.9 Å². The Morgan fingerprint density at radius 1 is 1.17 bits per heavy atom. The molecule has 0 heterocycles. The molecule has 0 saturated carbocycles. The van der Waals surface area contributed by atoms with Gasteiger partial charge in [0.2, 0.25) is 0 Å². The third-order valence-corrected chi connectivity index (χ3v) is 3.09. The number of hydrogen-bond donors (Lipinski definition) is 2. The summed E-state index contributed by atoms with van der Waals surface area (Å²) in [7, 11) is 0. The van der Waals surface area contributed by atoms with Crippen LogP contribution in [0.5, 0.6) is 0 Å². The summed E-state index contributed by atoms with van der Waals surface area (Å²) in [6, 6.07) is 15.1. The lowest BCUT2D eigenvalue weighted by Crippen LogP contribution is -2.13. The smallest absolute Gasteiger partial charge is 0.335 e. The number of benzene rings is 2. The molecule has 2 N–H and O–H groups in total. The first-order valence-electron chi connectivity index (χ1n) is 6.83. The average molecular weight is 306 g/mol. The highest BCUT2D eigenvalue weighted by molar-refractivity contribution is 6.10. The Labute approximate surface area is 133 Å². The summed E-state index contributed by atoms with van der Waals surface area (Å²) in [5.74, 6) is -1.67. The molecule has 0 saturated heterocycles. The number of aryl methyl sites for hydroxylation is 1. The van der Waals surface area contributed by atoms with Crippen molar-refractivity contribution in [2.45, 2.75) is 6.92 Å². The van der Waals surface area contributed by atoms with E-state index >= 15 is 0 Å². The molecule has 114 valence electrons. The van der Waals surface area contributed by atoms with E-state index in [9.17, 15) is 14.9 Å². The summed E-state index contributed by atoms with van der Waals surface area (Å²) in [5, 5.41) is 20.6. The fourth-order valence-corrected chi connectivity index (χ4v) is 2.00. The van der Waals surface area contributed by atoms with Crippen LogP contribution in [0.1, 0.15) is 21.5 Å². The van der Waals surface area contributed by atoms with Gasteiger partial charge in [0.1, 0.15) is 11.6 Å². The molecular formula is C18H14N2O3. The average Bonchev–Trinajstić information content (AvgIpc) is 2.52. The number of rotatable bonds is 4. The van der Waals surface area contributed by atoms with E-state index in [4.69, 9.17) is 5.11 Å². The Hall–Kier alpha value is -3.39. The zero-order valence-electron chi connectivity index (χ0n) is 12.4. The van der Waals surface area contributed by atoms with Crippen molar-refractivity contribution in [2.75, 3.05) is 5.32 Å². The number of aromatic carboxylic acids is 1. The van der Waals surface area contributed by atoms with Gasteiger partial charge in [-0.05, 0) is 36.8 Å². The van der Waals surface area contributed by atoms with Crippen molar-refractivity contribution in [3.63, 3.8) is 0 Å². The van der Waals surface area contributed by atoms with Gasteiger partial charge in [0.25, 0.3) is 5.91 Å². The fourth-order valence-electron chi connectivity index (χ4n) is 2.00. The van der Waals surface area contributed by atoms with Gasteiger partial charge in [0, 0.05) is 5.69 Å². The molecule has 2 aromatic rings. The van der Waals surface area contributed by atoms with Crippen molar-refractivity contribution in [1.82, 2.24) is 0 Å². The predicted molar refractivity (Wildman–Crippen MR) is 86.8 cm³/mol. The Morgan fingerprint density at radius 3 is 2.57 bits per heavy atom. The van der Waals surface area contributed by atoms with Crippen molar-refractivity contribution in [1.29, 1.82) is 5.26 Å². The van der Waals surface area contributed by atoms with Crippen LogP contribution in [-0.4, -0.2) is 17.0 Å². The van der Waals surface area contributed by atoms with Crippen LogP contribution in [0.2, 0.25) is 0 Å². The molecule has 0 aromatic heterocycles. The number of carboxylic acids is 1. The minimum absolute atomic E-state index is 0.0590. The first-order valence-corrected chi connectivity index (χ1v) is 6.83. The normalized spacial score (nSPS) is 10.7. The molecule has 0 fully saturated rings. The minimum Gasteiger partial charge on any atom is -0.478 e. The molecule has 0 spiro atoms. The van der Waals surface area contributed by atoms with E-state index < -0.39 is 11.9 Å². The van der Waals surface area contributed by atoms with Gasteiger partial charge >= 0.3 is 5.97 Å². The maximum atomic E-state index is 12.2. The Morgan fingerprint density at radius 2 is 1.91 bits per heavy atom. The molecule has 23 heavy (non-hydrogen) atoms. The second-order valence-corrected chi connectivity index (χ2v) is 4.92. The van der Waals surface area contributed by atoms with Crippen LogP contribution >= 0.6 is 0 Å². The van der Waals surface area contributed by atoms with Gasteiger partial charge in [0.05, 0.1) is 5.56 Å². The summed E-state index contributed by atoms with van der Waals surface area (Å²) in [5.41, 5.74) is 2.09. The predicted octanol–water partition coefficient (Wildman–Crippen LogP) is 3.24. The van der Waals surface area contributed by atoms with E-state index in [2.05, 4.69) is 5.32 Å². The zero-order valence-corrected chi connectivity index (χ0v) is 12.4. The van der Waals surface area contributed by atoms with E-state index in [0.29, 0.717) is 5.69 Å². The molecular weight excluding hydrogens is 292 g/mol. The highest BCUT2D eigenvalue weighted by Crippen LogP contribution is 2.14. The fraction of sp³-hybridized carbons (Fsp3) is 0.0556. The largest absolute Gasteiger partial charge is 0.478 e. The molecule has 2 aromatic carbocycles. The number of hydrogen-bond acceptors (Lipinski definition) is 3. The van der Waals surface area contributed by atoms with Gasteiger partial charge in [-0.3, -0.25) is 4.79 Å². The van der Waals surface area contributed by atoms with E-state index in [0.717, 1.165) is 11.1 Å². The van der Waals surface area contributed by atoms with Gasteiger partial charge < -0.3 is 10.4 Å². The lowest BCUT2D eigenvalue weighted by molar-refractivity contribution is -0.112. The highest BCUT2D eigenvalue weighted by Gasteiger charge is 2.11. The third kappa shape index (κ3) is 4.29. The van der Waals surface area contributed by atoms with Crippen LogP contribution in [0.4, 0.5) is 5.69 Å². The van der Waals surface area contributed by atoms with Crippen molar-refractivity contribution in [3.8, 4) is 6.07 Å². The van der Waals surface area contributed by atoms with E-state index in [-0.39, 0.29) is 11.1 Å². The first kappa shape index (κ1) is 16.0. The number of nitrogens with zero attached hydrogens (tertiary/aromatic N) is 1. The molecule has 0 atom stereocenters. The second-order valence-electron chi connectivity index (χ2n) is 4.92. The SMILES string of the molecule is Cc1cccc(/C=C(/C#N)C(=O)Nc2cccc(C(=O)O)c2)c1. The number of carbonyl (C=O) groups excluding carboxylic acids is 1. The molecule has 0 aliphatic rings. The molecule has 5 nitrogen and oxygen atoms in total. The van der Waals surface area contributed by atoms with Crippen molar-refractivity contribution in [2.24, 2.45) is 0 Å². The lowest BCUT2D eigenvalue weighted by Gasteiger charge is -2.05. The maximum Gasteiger partial charge on any atom is 0.335 e. The van der Waals surface area contributed by atoms with E-state index in [1.165, 1.54) is 24.3 Å². The number of nitrogens with one attached hydrogen (secondary N) is 1. The summed E-state index contributed by atoms with van der Waals surface area (Å²) < 4.78 is 0. The molecule has 5 heteroatoms. The van der Waals surface area contributed by atoms with Gasteiger partial charge in [-0.25, -0.2) is 4.79 Å². The topological polar surface area (TPSA) is 90.2 Å². The summed E-state index contributed by atoms with van der Waals surface area (Å²) >= 11 is 0. The van der Waals surface area contributed by atoms with Crippen LogP contribution in [0.3, 0.4) is 0 Å². The number of amides is 1. The van der Waals surface area contributed by atoms with Crippen LogP contribution < -0.4 is 5.32 Å². The quantitative estimate of drug-likeness (QED) is 0.670. The van der Waals surface area contributed by atoms with Crippen LogP contribution in [0, 0.1) is 18.3 Å². The molecule has 1 amide bonds. The Kier molecular flexibility index (Phi) is 4.90. The van der Waals surface area contributed by atoms with Crippen LogP contribution in [0.25, 0.3) is 6.08 Å². The molecule has 0 aliphatic carbocycles. The van der Waals surface area contributed by atoms with Gasteiger partial charge in [-0.2, -0.15) is 5.26 Å². The van der Waals surface area contributed by atoms with Crippen molar-refractivity contribution < 1.29 is 14.7 Å². The van der Waals surface area contributed by atoms with Gasteiger partial charge in [0.15, 0.2) is 0 Å². The maximum absolute atomic E-state index is 12.2. The highest BCUT2D eigenvalue weighted by atomic mass is 16.4. The number of carbonyl (C=O) groups is 2. The van der Waals surface area contributed by atoms with E-state index in [1.807, 2.05) is 31.2 Å². The minimum atomic E-state index is -1.09.